The van der Waals surface area contributed by atoms with Crippen molar-refractivity contribution in [3.8, 4) is 0 Å². The number of carbonyl (C=O) groups is 2. The van der Waals surface area contributed by atoms with Gasteiger partial charge in [-0.2, -0.15) is 0 Å². The minimum absolute atomic E-state index is 0.385. The van der Waals surface area contributed by atoms with E-state index in [0.717, 1.165) is 11.3 Å². The fourth-order valence-electron chi connectivity index (χ4n) is 2.43. The molecule has 0 heterocycles. The molecule has 3 N–H and O–H groups in total. The van der Waals surface area contributed by atoms with E-state index in [0.29, 0.717) is 17.3 Å². The number of hydrogen-bond donors (Lipinski definition) is 3. The second-order valence-electron chi connectivity index (χ2n) is 8.24. The normalized spacial score (nSPS) is 11.5. The number of ether oxygens (including phenoxy) is 1. The first kappa shape index (κ1) is 22.6. The Morgan fingerprint density at radius 1 is 1.00 bits per heavy atom. The first-order chi connectivity index (χ1) is 13.5. The summed E-state index contributed by atoms with van der Waals surface area (Å²) in [5, 5.41) is 9.10. The molecule has 0 fully saturated rings. The number of halogens is 1. The first-order valence-electron chi connectivity index (χ1n) is 9.36. The van der Waals surface area contributed by atoms with E-state index in [-0.39, 0.29) is 5.91 Å². The van der Waals surface area contributed by atoms with E-state index in [4.69, 9.17) is 16.3 Å². The van der Waals surface area contributed by atoms with Crippen LogP contribution in [0.4, 0.5) is 16.2 Å². The monoisotopic (exact) mass is 417 g/mol. The molecular formula is C22H28ClN3O3. The molecular weight excluding hydrogens is 390 g/mol. The van der Waals surface area contributed by atoms with E-state index in [1.54, 1.807) is 52.8 Å². The van der Waals surface area contributed by atoms with Gasteiger partial charge < -0.3 is 20.7 Å². The summed E-state index contributed by atoms with van der Waals surface area (Å²) in [5.41, 5.74) is 0.617. The standard InChI is InChI=1S/C22H28ClN3O3/c1-21(2,3)29-20(28)26-22(4,5)19(27)25-16-11-12-18(17(23)13-16)24-14-15-9-7-6-8-10-15/h6-13,24H,14H2,1-5H3,(H,25,27)(H,26,28). The summed E-state index contributed by atoms with van der Waals surface area (Å²) in [6.45, 7) is 9.12. The van der Waals surface area contributed by atoms with Crippen LogP contribution in [0.2, 0.25) is 5.02 Å². The van der Waals surface area contributed by atoms with Crippen molar-refractivity contribution >= 4 is 35.0 Å². The highest BCUT2D eigenvalue weighted by atomic mass is 35.5. The van der Waals surface area contributed by atoms with E-state index in [9.17, 15) is 9.59 Å². The van der Waals surface area contributed by atoms with Gasteiger partial charge >= 0.3 is 6.09 Å². The third-order valence-corrected chi connectivity index (χ3v) is 4.25. The molecule has 0 saturated heterocycles. The van der Waals surface area contributed by atoms with Gasteiger partial charge in [0.15, 0.2) is 0 Å². The average Bonchev–Trinajstić information content (AvgIpc) is 2.59. The number of alkyl carbamates (subject to hydrolysis) is 1. The van der Waals surface area contributed by atoms with Gasteiger partial charge in [-0.1, -0.05) is 41.9 Å². The zero-order valence-electron chi connectivity index (χ0n) is 17.4. The van der Waals surface area contributed by atoms with Crippen molar-refractivity contribution in [2.24, 2.45) is 0 Å². The Hall–Kier alpha value is -2.73. The van der Waals surface area contributed by atoms with Crippen molar-refractivity contribution in [3.63, 3.8) is 0 Å². The molecule has 2 amide bonds. The van der Waals surface area contributed by atoms with Gasteiger partial charge in [-0.05, 0) is 58.4 Å². The third kappa shape index (κ3) is 7.31. The van der Waals surface area contributed by atoms with Crippen molar-refractivity contribution in [2.75, 3.05) is 10.6 Å². The fraction of sp³-hybridized carbons (Fsp3) is 0.364. The Balaban J connectivity index is 1.97. The largest absolute Gasteiger partial charge is 0.444 e. The van der Waals surface area contributed by atoms with Crippen LogP contribution in [-0.2, 0) is 16.1 Å². The van der Waals surface area contributed by atoms with Crippen molar-refractivity contribution in [1.29, 1.82) is 0 Å². The van der Waals surface area contributed by atoms with Crippen LogP contribution in [0.1, 0.15) is 40.2 Å². The quantitative estimate of drug-likeness (QED) is 0.604. The van der Waals surface area contributed by atoms with Crippen molar-refractivity contribution < 1.29 is 14.3 Å². The average molecular weight is 418 g/mol. The highest BCUT2D eigenvalue weighted by Gasteiger charge is 2.31. The van der Waals surface area contributed by atoms with Crippen LogP contribution in [0.3, 0.4) is 0 Å². The van der Waals surface area contributed by atoms with E-state index in [2.05, 4.69) is 16.0 Å². The van der Waals surface area contributed by atoms with Gasteiger partial charge in [-0.15, -0.1) is 0 Å². The maximum atomic E-state index is 12.6. The SMILES string of the molecule is CC(C)(C)OC(=O)NC(C)(C)C(=O)Nc1ccc(NCc2ccccc2)c(Cl)c1. The molecule has 0 bridgehead atoms. The lowest BCUT2D eigenvalue weighted by Gasteiger charge is -2.27. The Kier molecular flexibility index (Phi) is 7.14. The van der Waals surface area contributed by atoms with Crippen LogP contribution >= 0.6 is 11.6 Å². The Bertz CT molecular complexity index is 861. The van der Waals surface area contributed by atoms with E-state index < -0.39 is 17.2 Å². The number of hydrogen-bond acceptors (Lipinski definition) is 4. The van der Waals surface area contributed by atoms with Crippen molar-refractivity contribution in [2.45, 2.75) is 52.3 Å². The number of rotatable bonds is 6. The van der Waals surface area contributed by atoms with Crippen LogP contribution in [0, 0.1) is 0 Å². The predicted octanol–water partition coefficient (Wildman–Crippen LogP) is 5.19. The van der Waals surface area contributed by atoms with Gasteiger partial charge in [0, 0.05) is 12.2 Å². The highest BCUT2D eigenvalue weighted by Crippen LogP contribution is 2.26. The smallest absolute Gasteiger partial charge is 0.408 e. The van der Waals surface area contributed by atoms with Crippen molar-refractivity contribution in [3.05, 3.63) is 59.1 Å². The number of benzene rings is 2. The maximum Gasteiger partial charge on any atom is 0.408 e. The molecule has 7 heteroatoms. The van der Waals surface area contributed by atoms with Crippen LogP contribution in [-0.4, -0.2) is 23.1 Å². The molecule has 6 nitrogen and oxygen atoms in total. The maximum absolute atomic E-state index is 12.6. The summed E-state index contributed by atoms with van der Waals surface area (Å²) in [7, 11) is 0. The van der Waals surface area contributed by atoms with Gasteiger partial charge in [-0.25, -0.2) is 4.79 Å². The topological polar surface area (TPSA) is 79.5 Å². The summed E-state index contributed by atoms with van der Waals surface area (Å²) >= 11 is 6.35. The third-order valence-electron chi connectivity index (χ3n) is 3.93. The molecule has 29 heavy (non-hydrogen) atoms. The fourth-order valence-corrected chi connectivity index (χ4v) is 2.68. The number of anilines is 2. The molecule has 0 aliphatic rings. The van der Waals surface area contributed by atoms with Crippen LogP contribution in [0.25, 0.3) is 0 Å². The Morgan fingerprint density at radius 2 is 1.66 bits per heavy atom. The Labute approximate surface area is 177 Å². The zero-order valence-corrected chi connectivity index (χ0v) is 18.2. The lowest BCUT2D eigenvalue weighted by molar-refractivity contribution is -0.121. The molecule has 0 aliphatic heterocycles. The summed E-state index contributed by atoms with van der Waals surface area (Å²) in [6, 6.07) is 15.2. The molecule has 0 aliphatic carbocycles. The van der Waals surface area contributed by atoms with Crippen LogP contribution < -0.4 is 16.0 Å². The molecule has 2 aromatic rings. The van der Waals surface area contributed by atoms with Crippen LogP contribution in [0.5, 0.6) is 0 Å². The molecule has 2 rings (SSSR count). The summed E-state index contributed by atoms with van der Waals surface area (Å²) in [6.07, 6.45) is -0.656. The summed E-state index contributed by atoms with van der Waals surface area (Å²) < 4.78 is 5.21. The molecule has 0 radical (unpaired) electrons. The van der Waals surface area contributed by atoms with Crippen molar-refractivity contribution in [1.82, 2.24) is 5.32 Å². The van der Waals surface area contributed by atoms with Crippen LogP contribution in [0.15, 0.2) is 48.5 Å². The second kappa shape index (κ2) is 9.18. The molecule has 156 valence electrons. The predicted molar refractivity (Wildman–Crippen MR) is 117 cm³/mol. The summed E-state index contributed by atoms with van der Waals surface area (Å²) in [4.78, 5) is 24.6. The zero-order chi connectivity index (χ0) is 21.7. The molecule has 2 aromatic carbocycles. The highest BCUT2D eigenvalue weighted by molar-refractivity contribution is 6.33. The molecule has 0 atom stereocenters. The molecule has 0 spiro atoms. The van der Waals surface area contributed by atoms with Gasteiger partial charge in [0.2, 0.25) is 5.91 Å². The van der Waals surface area contributed by atoms with E-state index in [1.807, 2.05) is 30.3 Å². The Morgan fingerprint density at radius 3 is 2.24 bits per heavy atom. The van der Waals surface area contributed by atoms with E-state index in [1.165, 1.54) is 0 Å². The first-order valence-corrected chi connectivity index (χ1v) is 9.74. The number of carbonyl (C=O) groups excluding carboxylic acids is 2. The second-order valence-corrected chi connectivity index (χ2v) is 8.65. The summed E-state index contributed by atoms with van der Waals surface area (Å²) in [5.74, 6) is -0.385. The number of nitrogens with one attached hydrogen (secondary N) is 3. The van der Waals surface area contributed by atoms with E-state index >= 15 is 0 Å². The molecule has 0 aromatic heterocycles. The number of amides is 2. The minimum Gasteiger partial charge on any atom is -0.444 e. The van der Waals surface area contributed by atoms with Gasteiger partial charge in [0.25, 0.3) is 0 Å². The molecule has 0 unspecified atom stereocenters. The minimum atomic E-state index is -1.17. The van der Waals surface area contributed by atoms with Gasteiger partial charge in [0.1, 0.15) is 11.1 Å². The lowest BCUT2D eigenvalue weighted by atomic mass is 10.0. The van der Waals surface area contributed by atoms with Gasteiger partial charge in [-0.3, -0.25) is 4.79 Å². The lowest BCUT2D eigenvalue weighted by Crippen LogP contribution is -2.53. The van der Waals surface area contributed by atoms with Gasteiger partial charge in [0.05, 0.1) is 10.7 Å². The molecule has 0 saturated carbocycles.